The minimum Gasteiger partial charge on any atom is -0.380 e. The van der Waals surface area contributed by atoms with Crippen LogP contribution in [0.15, 0.2) is 12.8 Å². The van der Waals surface area contributed by atoms with Crippen LogP contribution in [-0.4, -0.2) is 14.0 Å². The Labute approximate surface area is 72.6 Å². The van der Waals surface area contributed by atoms with Gasteiger partial charge in [-0.25, -0.2) is 0 Å². The van der Waals surface area contributed by atoms with Crippen molar-refractivity contribution in [3.05, 3.63) is 12.8 Å². The predicted molar refractivity (Wildman–Crippen MR) is 44.7 cm³/mol. The normalized spacial score (nSPS) is 9.50. The van der Waals surface area contributed by atoms with Crippen molar-refractivity contribution in [1.82, 2.24) is 0 Å². The number of halogens is 1. The third kappa shape index (κ3) is 7.56. The summed E-state index contributed by atoms with van der Waals surface area (Å²) in [7, 11) is -1.82. The molecule has 70 valence electrons. The van der Waals surface area contributed by atoms with E-state index in [-0.39, 0.29) is 0 Å². The summed E-state index contributed by atoms with van der Waals surface area (Å²) in [4.78, 5) is 8.18. The molecule has 0 aliphatic rings. The van der Waals surface area contributed by atoms with Crippen LogP contribution in [0.3, 0.4) is 0 Å². The van der Waals surface area contributed by atoms with Crippen LogP contribution in [0.25, 0.3) is 0 Å². The van der Waals surface area contributed by atoms with Crippen LogP contribution in [0, 0.1) is 0 Å². The Morgan fingerprint density at radius 3 is 2.83 bits per heavy atom. The van der Waals surface area contributed by atoms with Gasteiger partial charge >= 0.3 is 7.40 Å². The van der Waals surface area contributed by atoms with Crippen molar-refractivity contribution in [2.24, 2.45) is 0 Å². The minimum absolute atomic E-state index is 0.343. The molecule has 0 bridgehead atoms. The fourth-order valence-corrected chi connectivity index (χ4v) is 0.639. The van der Waals surface area contributed by atoms with Gasteiger partial charge in [0.05, 0.1) is 0 Å². The van der Waals surface area contributed by atoms with E-state index in [1.54, 1.807) is 0 Å². The van der Waals surface area contributed by atoms with Crippen LogP contribution in [-0.2, 0) is 14.3 Å². The molecule has 0 heterocycles. The first-order chi connectivity index (χ1) is 5.81. The predicted octanol–water partition coefficient (Wildman–Crippen LogP) is 2.24. The van der Waals surface area contributed by atoms with E-state index in [0.717, 1.165) is 25.5 Å². The average Bonchev–Trinajstić information content (AvgIpc) is 2.09. The van der Waals surface area contributed by atoms with Gasteiger partial charge in [0.2, 0.25) is 0 Å². The molecule has 0 spiro atoms. The SMILES string of the molecule is C=COOB(F)OCCCCC. The van der Waals surface area contributed by atoms with Gasteiger partial charge in [0.15, 0.2) is 0 Å². The second-order valence-corrected chi connectivity index (χ2v) is 2.21. The number of rotatable bonds is 8. The maximum atomic E-state index is 12.4. The summed E-state index contributed by atoms with van der Waals surface area (Å²) in [5.41, 5.74) is 0. The molecule has 3 nitrogen and oxygen atoms in total. The Balaban J connectivity index is 3.07. The summed E-state index contributed by atoms with van der Waals surface area (Å²) in [5.74, 6) is 0. The van der Waals surface area contributed by atoms with E-state index >= 15 is 0 Å². The first-order valence-electron chi connectivity index (χ1n) is 4.00. The fraction of sp³-hybridized carbons (Fsp3) is 0.714. The van der Waals surface area contributed by atoms with Crippen molar-refractivity contribution >= 4 is 7.40 Å². The smallest absolute Gasteiger partial charge is 0.380 e. The molecule has 0 aromatic carbocycles. The molecule has 0 unspecified atom stereocenters. The minimum atomic E-state index is -1.82. The van der Waals surface area contributed by atoms with Crippen LogP contribution >= 0.6 is 0 Å². The highest BCUT2D eigenvalue weighted by molar-refractivity contribution is 6.35. The molecular formula is C7H14BFO3. The third-order valence-corrected chi connectivity index (χ3v) is 1.20. The summed E-state index contributed by atoms with van der Waals surface area (Å²) >= 11 is 0. The van der Waals surface area contributed by atoms with Crippen LogP contribution in [0.1, 0.15) is 26.2 Å². The van der Waals surface area contributed by atoms with E-state index in [2.05, 4.69) is 27.8 Å². The first kappa shape index (κ1) is 11.5. The Hall–Kier alpha value is -0.545. The van der Waals surface area contributed by atoms with Gasteiger partial charge in [0.1, 0.15) is 6.26 Å². The molecule has 0 aromatic heterocycles. The zero-order valence-electron chi connectivity index (χ0n) is 7.29. The summed E-state index contributed by atoms with van der Waals surface area (Å²) in [6.45, 7) is 5.58. The van der Waals surface area contributed by atoms with Crippen molar-refractivity contribution in [3.63, 3.8) is 0 Å². The molecular weight excluding hydrogens is 162 g/mol. The highest BCUT2D eigenvalue weighted by Gasteiger charge is 2.19. The summed E-state index contributed by atoms with van der Waals surface area (Å²) < 4.78 is 17.0. The average molecular weight is 176 g/mol. The maximum absolute atomic E-state index is 12.4. The number of hydrogen-bond acceptors (Lipinski definition) is 3. The van der Waals surface area contributed by atoms with Gasteiger partial charge < -0.3 is 9.54 Å². The van der Waals surface area contributed by atoms with Gasteiger partial charge in [-0.1, -0.05) is 26.3 Å². The second kappa shape index (κ2) is 8.55. The molecule has 0 radical (unpaired) electrons. The topological polar surface area (TPSA) is 27.7 Å². The quantitative estimate of drug-likeness (QED) is 0.186. The summed E-state index contributed by atoms with van der Waals surface area (Å²) in [5, 5.41) is 0. The summed E-state index contributed by atoms with van der Waals surface area (Å²) in [6, 6.07) is 0. The number of unbranched alkanes of at least 4 members (excludes halogenated alkanes) is 2. The fourth-order valence-electron chi connectivity index (χ4n) is 0.639. The van der Waals surface area contributed by atoms with Gasteiger partial charge in [0, 0.05) is 6.61 Å². The molecule has 0 N–H and O–H groups in total. The van der Waals surface area contributed by atoms with E-state index in [4.69, 9.17) is 0 Å². The van der Waals surface area contributed by atoms with Gasteiger partial charge in [-0.05, 0) is 6.42 Å². The molecule has 0 fully saturated rings. The van der Waals surface area contributed by atoms with Gasteiger partial charge in [0.25, 0.3) is 0 Å². The third-order valence-electron chi connectivity index (χ3n) is 1.20. The van der Waals surface area contributed by atoms with Crippen LogP contribution < -0.4 is 0 Å². The first-order valence-corrected chi connectivity index (χ1v) is 4.00. The monoisotopic (exact) mass is 176 g/mol. The lowest BCUT2D eigenvalue weighted by Gasteiger charge is -2.03. The Morgan fingerprint density at radius 1 is 1.50 bits per heavy atom. The van der Waals surface area contributed by atoms with Crippen LogP contribution in [0.2, 0.25) is 0 Å². The maximum Gasteiger partial charge on any atom is 0.718 e. The van der Waals surface area contributed by atoms with E-state index < -0.39 is 7.40 Å². The Morgan fingerprint density at radius 2 is 2.25 bits per heavy atom. The highest BCUT2D eigenvalue weighted by Crippen LogP contribution is 1.98. The van der Waals surface area contributed by atoms with Crippen molar-refractivity contribution < 1.29 is 18.7 Å². The molecule has 5 heteroatoms. The van der Waals surface area contributed by atoms with Crippen molar-refractivity contribution in [3.8, 4) is 0 Å². The molecule has 0 saturated heterocycles. The highest BCUT2D eigenvalue weighted by atomic mass is 19.1. The molecule has 0 amide bonds. The molecule has 0 aliphatic carbocycles. The lowest BCUT2D eigenvalue weighted by molar-refractivity contribution is -0.180. The lowest BCUT2D eigenvalue weighted by Crippen LogP contribution is -2.17. The van der Waals surface area contributed by atoms with Crippen LogP contribution in [0.4, 0.5) is 4.32 Å². The summed E-state index contributed by atoms with van der Waals surface area (Å²) in [6.07, 6.45) is 3.91. The van der Waals surface area contributed by atoms with E-state index in [1.807, 2.05) is 0 Å². The molecule has 0 atom stereocenters. The Bertz CT molecular complexity index is 113. The van der Waals surface area contributed by atoms with E-state index in [0.29, 0.717) is 6.61 Å². The van der Waals surface area contributed by atoms with Crippen LogP contribution in [0.5, 0.6) is 0 Å². The molecule has 12 heavy (non-hydrogen) atoms. The second-order valence-electron chi connectivity index (χ2n) is 2.21. The molecule has 0 rings (SSSR count). The number of hydrogen-bond donors (Lipinski definition) is 0. The van der Waals surface area contributed by atoms with Crippen molar-refractivity contribution in [2.75, 3.05) is 6.61 Å². The van der Waals surface area contributed by atoms with Gasteiger partial charge in [-0.3, -0.25) is 4.32 Å². The van der Waals surface area contributed by atoms with Crippen molar-refractivity contribution in [1.29, 1.82) is 0 Å². The molecule has 0 saturated carbocycles. The zero-order valence-corrected chi connectivity index (χ0v) is 7.29. The van der Waals surface area contributed by atoms with E-state index in [9.17, 15) is 4.32 Å². The van der Waals surface area contributed by atoms with Crippen molar-refractivity contribution in [2.45, 2.75) is 26.2 Å². The van der Waals surface area contributed by atoms with Gasteiger partial charge in [-0.15, -0.1) is 0 Å². The van der Waals surface area contributed by atoms with E-state index in [1.165, 1.54) is 0 Å². The molecule has 0 aliphatic heterocycles. The largest absolute Gasteiger partial charge is 0.718 e. The Kier molecular flexibility index (Phi) is 8.16. The standard InChI is InChI=1S/C7H14BFO3/c1-3-5-6-7-10-8(9)12-11-4-2/h4H,2-3,5-7H2,1H3. The van der Waals surface area contributed by atoms with Gasteiger partial charge in [-0.2, -0.15) is 4.81 Å². The zero-order chi connectivity index (χ0) is 9.23. The molecule has 0 aromatic rings. The lowest BCUT2D eigenvalue weighted by atomic mass is 10.2.